The third-order valence-corrected chi connectivity index (χ3v) is 3.40. The maximum absolute atomic E-state index is 12.1. The molecule has 1 aliphatic rings. The second kappa shape index (κ2) is 5.70. The molecule has 3 amide bonds. The summed E-state index contributed by atoms with van der Waals surface area (Å²) in [4.78, 5) is 28.9. The van der Waals surface area contributed by atoms with E-state index in [1.165, 1.54) is 16.2 Å². The Labute approximate surface area is 114 Å². The highest BCUT2D eigenvalue weighted by molar-refractivity contribution is 7.08. The van der Waals surface area contributed by atoms with E-state index in [-0.39, 0.29) is 17.9 Å². The van der Waals surface area contributed by atoms with Crippen molar-refractivity contribution in [2.75, 3.05) is 11.4 Å². The van der Waals surface area contributed by atoms with E-state index in [2.05, 4.69) is 10.3 Å². The Morgan fingerprint density at radius 2 is 2.26 bits per heavy atom. The summed E-state index contributed by atoms with van der Waals surface area (Å²) in [5.41, 5.74) is 11.0. The Balaban J connectivity index is 1.93. The van der Waals surface area contributed by atoms with E-state index in [0.29, 0.717) is 25.1 Å². The number of hydrogen-bond donors (Lipinski definition) is 3. The fourth-order valence-electron chi connectivity index (χ4n) is 1.86. The average Bonchev–Trinajstić information content (AvgIpc) is 2.94. The molecular weight excluding hydrogens is 266 g/mol. The van der Waals surface area contributed by atoms with Gasteiger partial charge >= 0.3 is 6.03 Å². The van der Waals surface area contributed by atoms with Crippen LogP contribution in [0.1, 0.15) is 12.8 Å². The summed E-state index contributed by atoms with van der Waals surface area (Å²) in [5.74, 6) is -0.199. The highest BCUT2D eigenvalue weighted by Gasteiger charge is 2.38. The molecule has 1 saturated heterocycles. The van der Waals surface area contributed by atoms with Crippen LogP contribution in [0.4, 0.5) is 10.5 Å². The predicted molar refractivity (Wildman–Crippen MR) is 74.0 cm³/mol. The number of thiophene rings is 1. The molecule has 19 heavy (non-hydrogen) atoms. The van der Waals surface area contributed by atoms with E-state index >= 15 is 0 Å². The van der Waals surface area contributed by atoms with Gasteiger partial charge in [-0.25, -0.2) is 9.69 Å². The molecule has 7 nitrogen and oxygen atoms in total. The molecule has 0 aliphatic carbocycles. The van der Waals surface area contributed by atoms with Crippen LogP contribution in [0.2, 0.25) is 0 Å². The SMILES string of the molecule is NC(N)=NCCC[C@@H]1NC(=O)N(c2ccsc2)C1=O. The van der Waals surface area contributed by atoms with E-state index in [1.807, 2.05) is 5.38 Å². The molecular formula is C11H15N5O2S. The Kier molecular flexibility index (Phi) is 4.00. The maximum Gasteiger partial charge on any atom is 0.329 e. The monoisotopic (exact) mass is 281 g/mol. The first-order valence-electron chi connectivity index (χ1n) is 5.81. The zero-order valence-corrected chi connectivity index (χ0v) is 11.0. The fraction of sp³-hybridized carbons (Fsp3) is 0.364. The smallest absolute Gasteiger partial charge is 0.329 e. The van der Waals surface area contributed by atoms with Gasteiger partial charge in [0.05, 0.1) is 5.69 Å². The van der Waals surface area contributed by atoms with Crippen LogP contribution in [0, 0.1) is 0 Å². The van der Waals surface area contributed by atoms with Crippen LogP contribution in [0.3, 0.4) is 0 Å². The summed E-state index contributed by atoms with van der Waals surface area (Å²) >= 11 is 1.44. The van der Waals surface area contributed by atoms with Crippen molar-refractivity contribution < 1.29 is 9.59 Å². The number of carbonyl (C=O) groups excluding carboxylic acids is 2. The second-order valence-electron chi connectivity index (χ2n) is 4.11. The van der Waals surface area contributed by atoms with Gasteiger partial charge in [0.15, 0.2) is 5.96 Å². The number of nitrogens with one attached hydrogen (secondary N) is 1. The molecule has 0 saturated carbocycles. The number of amides is 3. The van der Waals surface area contributed by atoms with E-state index in [0.717, 1.165) is 0 Å². The van der Waals surface area contributed by atoms with Crippen LogP contribution >= 0.6 is 11.3 Å². The lowest BCUT2D eigenvalue weighted by atomic mass is 10.1. The van der Waals surface area contributed by atoms with Gasteiger partial charge in [0.25, 0.3) is 5.91 Å². The Hall–Kier alpha value is -2.09. The topological polar surface area (TPSA) is 114 Å². The lowest BCUT2D eigenvalue weighted by Gasteiger charge is -2.10. The first kappa shape index (κ1) is 13.3. The standard InChI is InChI=1S/C11H15N5O2S/c12-10(13)14-4-1-2-8-9(17)16(11(18)15-8)7-3-5-19-6-7/h3,5-6,8H,1-2,4H2,(H,15,18)(H4,12,13,14)/t8-/m0/s1. The predicted octanol–water partition coefficient (Wildman–Crippen LogP) is 0.226. The van der Waals surface area contributed by atoms with Gasteiger partial charge in [-0.15, -0.1) is 0 Å². The number of rotatable bonds is 5. The minimum absolute atomic E-state index is 0.0293. The average molecular weight is 281 g/mol. The minimum Gasteiger partial charge on any atom is -0.370 e. The van der Waals surface area contributed by atoms with Crippen LogP contribution < -0.4 is 21.7 Å². The minimum atomic E-state index is -0.499. The lowest BCUT2D eigenvalue weighted by Crippen LogP contribution is -2.31. The number of anilines is 1. The number of urea groups is 1. The first-order chi connectivity index (χ1) is 9.09. The molecule has 102 valence electrons. The van der Waals surface area contributed by atoms with Gasteiger partial charge in [0, 0.05) is 11.9 Å². The second-order valence-corrected chi connectivity index (χ2v) is 4.89. The number of nitrogens with two attached hydrogens (primary N) is 2. The summed E-state index contributed by atoms with van der Waals surface area (Å²) in [5, 5.41) is 6.25. The summed E-state index contributed by atoms with van der Waals surface area (Å²) in [6.45, 7) is 0.445. The van der Waals surface area contributed by atoms with E-state index in [1.54, 1.807) is 11.4 Å². The van der Waals surface area contributed by atoms with Crippen molar-refractivity contribution in [3.63, 3.8) is 0 Å². The number of aliphatic imine (C=N–C) groups is 1. The van der Waals surface area contributed by atoms with Crippen LogP contribution in [0.5, 0.6) is 0 Å². The number of nitrogens with zero attached hydrogens (tertiary/aromatic N) is 2. The van der Waals surface area contributed by atoms with Gasteiger partial charge < -0.3 is 16.8 Å². The van der Waals surface area contributed by atoms with Gasteiger partial charge in [-0.2, -0.15) is 11.3 Å². The van der Waals surface area contributed by atoms with E-state index in [4.69, 9.17) is 11.5 Å². The zero-order chi connectivity index (χ0) is 13.8. The molecule has 0 unspecified atom stereocenters. The molecule has 0 bridgehead atoms. The van der Waals surface area contributed by atoms with Crippen LogP contribution in [-0.4, -0.2) is 30.5 Å². The van der Waals surface area contributed by atoms with Crippen molar-refractivity contribution in [1.29, 1.82) is 0 Å². The lowest BCUT2D eigenvalue weighted by molar-refractivity contribution is -0.118. The van der Waals surface area contributed by atoms with Gasteiger partial charge in [-0.1, -0.05) is 0 Å². The summed E-state index contributed by atoms with van der Waals surface area (Å²) < 4.78 is 0. The molecule has 1 aromatic rings. The molecule has 1 aromatic heterocycles. The maximum atomic E-state index is 12.1. The van der Waals surface area contributed by atoms with E-state index < -0.39 is 6.04 Å². The van der Waals surface area contributed by atoms with Gasteiger partial charge in [-0.3, -0.25) is 9.79 Å². The van der Waals surface area contributed by atoms with Crippen molar-refractivity contribution in [2.24, 2.45) is 16.5 Å². The number of imide groups is 1. The Bertz CT molecular complexity index is 495. The molecule has 0 spiro atoms. The highest BCUT2D eigenvalue weighted by atomic mass is 32.1. The summed E-state index contributed by atoms with van der Waals surface area (Å²) in [6, 6.07) is 0.862. The fourth-order valence-corrected chi connectivity index (χ4v) is 2.48. The van der Waals surface area contributed by atoms with Gasteiger partial charge in [0.1, 0.15) is 6.04 Å². The first-order valence-corrected chi connectivity index (χ1v) is 6.76. The van der Waals surface area contributed by atoms with Crippen molar-refractivity contribution in [3.8, 4) is 0 Å². The normalized spacial score (nSPS) is 18.5. The summed E-state index contributed by atoms with van der Waals surface area (Å²) in [6.07, 6.45) is 1.15. The van der Waals surface area contributed by atoms with Crippen LogP contribution in [-0.2, 0) is 4.79 Å². The van der Waals surface area contributed by atoms with Crippen molar-refractivity contribution in [3.05, 3.63) is 16.8 Å². The van der Waals surface area contributed by atoms with E-state index in [9.17, 15) is 9.59 Å². The van der Waals surface area contributed by atoms with Crippen molar-refractivity contribution in [2.45, 2.75) is 18.9 Å². The zero-order valence-electron chi connectivity index (χ0n) is 10.2. The molecule has 1 fully saturated rings. The van der Waals surface area contributed by atoms with Crippen LogP contribution in [0.15, 0.2) is 21.8 Å². The third-order valence-electron chi connectivity index (χ3n) is 2.73. The summed E-state index contributed by atoms with van der Waals surface area (Å²) in [7, 11) is 0. The van der Waals surface area contributed by atoms with Crippen molar-refractivity contribution in [1.82, 2.24) is 5.32 Å². The van der Waals surface area contributed by atoms with Gasteiger partial charge in [0.2, 0.25) is 0 Å². The number of hydrogen-bond acceptors (Lipinski definition) is 4. The molecule has 8 heteroatoms. The largest absolute Gasteiger partial charge is 0.370 e. The molecule has 2 rings (SSSR count). The van der Waals surface area contributed by atoms with Crippen molar-refractivity contribution >= 4 is 34.9 Å². The molecule has 0 aromatic carbocycles. The highest BCUT2D eigenvalue weighted by Crippen LogP contribution is 2.23. The molecule has 2 heterocycles. The molecule has 1 atom stereocenters. The van der Waals surface area contributed by atoms with Gasteiger partial charge in [-0.05, 0) is 24.3 Å². The quantitative estimate of drug-likeness (QED) is 0.310. The Morgan fingerprint density at radius 1 is 1.47 bits per heavy atom. The molecule has 5 N–H and O–H groups in total. The number of guanidine groups is 1. The third kappa shape index (κ3) is 3.02. The van der Waals surface area contributed by atoms with Crippen LogP contribution in [0.25, 0.3) is 0 Å². The molecule has 1 aliphatic heterocycles. The number of carbonyl (C=O) groups is 2. The molecule has 0 radical (unpaired) electrons. The Morgan fingerprint density at radius 3 is 2.89 bits per heavy atom.